The highest BCUT2D eigenvalue weighted by atomic mass is 16.5. The predicted octanol–water partition coefficient (Wildman–Crippen LogP) is 0.434. The van der Waals surface area contributed by atoms with Crippen molar-refractivity contribution >= 4 is 5.91 Å². The summed E-state index contributed by atoms with van der Waals surface area (Å²) in [5.41, 5.74) is 0.269. The standard InChI is InChI=1S/C11H18N2O4/c1-6(2)7(3)12-11(16)10-8(4-14)9(5-15)17-13-10/h6-7,14-15H,4-5H2,1-3H3,(H,12,16). The van der Waals surface area contributed by atoms with Gasteiger partial charge in [-0.2, -0.15) is 0 Å². The molecule has 0 saturated carbocycles. The van der Waals surface area contributed by atoms with E-state index in [4.69, 9.17) is 14.7 Å². The maximum atomic E-state index is 11.8. The van der Waals surface area contributed by atoms with Gasteiger partial charge in [0, 0.05) is 6.04 Å². The van der Waals surface area contributed by atoms with Gasteiger partial charge in [0.05, 0.1) is 12.2 Å². The Morgan fingerprint density at radius 1 is 1.35 bits per heavy atom. The molecule has 1 heterocycles. The average Bonchev–Trinajstić information content (AvgIpc) is 2.71. The maximum absolute atomic E-state index is 11.8. The van der Waals surface area contributed by atoms with E-state index < -0.39 is 19.1 Å². The molecule has 0 aliphatic rings. The van der Waals surface area contributed by atoms with Gasteiger partial charge in [-0.15, -0.1) is 0 Å². The van der Waals surface area contributed by atoms with Crippen LogP contribution in [0, 0.1) is 5.92 Å². The smallest absolute Gasteiger partial charge is 0.274 e. The normalized spacial score (nSPS) is 12.8. The van der Waals surface area contributed by atoms with Crippen LogP contribution in [0.4, 0.5) is 0 Å². The van der Waals surface area contributed by atoms with Crippen LogP contribution < -0.4 is 5.32 Å². The molecule has 3 N–H and O–H groups in total. The van der Waals surface area contributed by atoms with Crippen LogP contribution in [0.3, 0.4) is 0 Å². The van der Waals surface area contributed by atoms with Crippen LogP contribution in [0.25, 0.3) is 0 Å². The summed E-state index contributed by atoms with van der Waals surface area (Å²) in [6.45, 7) is 5.07. The van der Waals surface area contributed by atoms with E-state index in [0.717, 1.165) is 0 Å². The summed E-state index contributed by atoms with van der Waals surface area (Å²) in [6, 6.07) is -0.0108. The van der Waals surface area contributed by atoms with Crippen LogP contribution in [0.1, 0.15) is 42.6 Å². The Balaban J connectivity index is 2.85. The molecule has 0 aliphatic heterocycles. The number of nitrogens with zero attached hydrogens (tertiary/aromatic N) is 1. The number of aliphatic hydroxyl groups is 2. The number of hydrogen-bond donors (Lipinski definition) is 3. The van der Waals surface area contributed by atoms with Gasteiger partial charge >= 0.3 is 0 Å². The molecule has 0 aliphatic carbocycles. The summed E-state index contributed by atoms with van der Waals surface area (Å²) >= 11 is 0. The fourth-order valence-corrected chi connectivity index (χ4v) is 1.25. The number of aliphatic hydroxyl groups excluding tert-OH is 2. The molecule has 0 spiro atoms. The van der Waals surface area contributed by atoms with Crippen molar-refractivity contribution in [2.75, 3.05) is 0 Å². The van der Waals surface area contributed by atoms with E-state index in [1.54, 1.807) is 0 Å². The molecule has 6 nitrogen and oxygen atoms in total. The van der Waals surface area contributed by atoms with Gasteiger partial charge in [0.1, 0.15) is 6.61 Å². The highest BCUT2D eigenvalue weighted by Crippen LogP contribution is 2.15. The van der Waals surface area contributed by atoms with Crippen LogP contribution in [-0.2, 0) is 13.2 Å². The molecule has 96 valence electrons. The molecular weight excluding hydrogens is 224 g/mol. The third-order valence-electron chi connectivity index (χ3n) is 2.75. The maximum Gasteiger partial charge on any atom is 0.274 e. The monoisotopic (exact) mass is 242 g/mol. The number of nitrogens with one attached hydrogen (secondary N) is 1. The third-order valence-corrected chi connectivity index (χ3v) is 2.75. The minimum Gasteiger partial charge on any atom is -0.391 e. The molecule has 1 atom stereocenters. The van der Waals surface area contributed by atoms with E-state index in [1.807, 2.05) is 20.8 Å². The molecule has 1 unspecified atom stereocenters. The fourth-order valence-electron chi connectivity index (χ4n) is 1.25. The quantitative estimate of drug-likeness (QED) is 0.696. The molecule has 0 fully saturated rings. The largest absolute Gasteiger partial charge is 0.391 e. The van der Waals surface area contributed by atoms with Crippen molar-refractivity contribution in [3.63, 3.8) is 0 Å². The molecule has 17 heavy (non-hydrogen) atoms. The van der Waals surface area contributed by atoms with Crippen LogP contribution >= 0.6 is 0 Å². The zero-order chi connectivity index (χ0) is 13.0. The zero-order valence-electron chi connectivity index (χ0n) is 10.2. The molecule has 1 amide bonds. The molecule has 0 radical (unpaired) electrons. The highest BCUT2D eigenvalue weighted by molar-refractivity contribution is 5.93. The minimum atomic E-state index is -0.404. The van der Waals surface area contributed by atoms with E-state index in [1.165, 1.54) is 0 Å². The van der Waals surface area contributed by atoms with E-state index in [0.29, 0.717) is 5.92 Å². The first-order chi connectivity index (χ1) is 8.01. The van der Waals surface area contributed by atoms with Crippen molar-refractivity contribution in [1.29, 1.82) is 0 Å². The van der Waals surface area contributed by atoms with Crippen molar-refractivity contribution < 1.29 is 19.5 Å². The van der Waals surface area contributed by atoms with Gasteiger partial charge < -0.3 is 20.1 Å². The van der Waals surface area contributed by atoms with E-state index >= 15 is 0 Å². The molecule has 0 aromatic carbocycles. The second-order valence-corrected chi connectivity index (χ2v) is 4.26. The van der Waals surface area contributed by atoms with Crippen molar-refractivity contribution in [1.82, 2.24) is 10.5 Å². The van der Waals surface area contributed by atoms with E-state index in [9.17, 15) is 4.79 Å². The van der Waals surface area contributed by atoms with E-state index in [2.05, 4.69) is 10.5 Å². The van der Waals surface area contributed by atoms with Crippen LogP contribution in [0.2, 0.25) is 0 Å². The Morgan fingerprint density at radius 3 is 2.47 bits per heavy atom. The average molecular weight is 242 g/mol. The summed E-state index contributed by atoms with van der Waals surface area (Å²) in [4.78, 5) is 11.8. The van der Waals surface area contributed by atoms with Crippen LogP contribution in [0.5, 0.6) is 0 Å². The number of amides is 1. The molecule has 1 aromatic rings. The first kappa shape index (κ1) is 13.7. The third kappa shape index (κ3) is 3.04. The lowest BCUT2D eigenvalue weighted by atomic mass is 10.1. The topological polar surface area (TPSA) is 95.6 Å². The SMILES string of the molecule is CC(C)C(C)NC(=O)c1noc(CO)c1CO. The van der Waals surface area contributed by atoms with Gasteiger partial charge in [-0.05, 0) is 12.8 Å². The van der Waals surface area contributed by atoms with Gasteiger partial charge in [0.15, 0.2) is 11.5 Å². The first-order valence-corrected chi connectivity index (χ1v) is 5.51. The fraction of sp³-hybridized carbons (Fsp3) is 0.636. The minimum absolute atomic E-state index is 0.0108. The van der Waals surface area contributed by atoms with Crippen molar-refractivity contribution in [2.24, 2.45) is 5.92 Å². The Hall–Kier alpha value is -1.40. The van der Waals surface area contributed by atoms with Crippen LogP contribution in [-0.4, -0.2) is 27.3 Å². The van der Waals surface area contributed by atoms with Crippen LogP contribution in [0.15, 0.2) is 4.52 Å². The van der Waals surface area contributed by atoms with Gasteiger partial charge in [0.25, 0.3) is 5.91 Å². The molecule has 1 aromatic heterocycles. The summed E-state index contributed by atoms with van der Waals surface area (Å²) < 4.78 is 4.78. The summed E-state index contributed by atoms with van der Waals surface area (Å²) in [5, 5.41) is 24.4. The zero-order valence-corrected chi connectivity index (χ0v) is 10.2. The number of aromatic nitrogens is 1. The van der Waals surface area contributed by atoms with E-state index in [-0.39, 0.29) is 23.1 Å². The van der Waals surface area contributed by atoms with Crippen molar-refractivity contribution in [3.05, 3.63) is 17.0 Å². The molecule has 0 bridgehead atoms. The lowest BCUT2D eigenvalue weighted by molar-refractivity contribution is 0.0918. The van der Waals surface area contributed by atoms with Gasteiger partial charge in [-0.1, -0.05) is 19.0 Å². The summed E-state index contributed by atoms with van der Waals surface area (Å²) in [6.07, 6.45) is 0. The first-order valence-electron chi connectivity index (χ1n) is 5.51. The Kier molecular flexibility index (Phi) is 4.65. The number of rotatable bonds is 5. The Labute approximate surface area is 99.6 Å². The molecule has 0 saturated heterocycles. The highest BCUT2D eigenvalue weighted by Gasteiger charge is 2.22. The second kappa shape index (κ2) is 5.79. The summed E-state index contributed by atoms with van der Waals surface area (Å²) in [5.74, 6) is 0.00860. The van der Waals surface area contributed by atoms with Gasteiger partial charge in [0.2, 0.25) is 0 Å². The number of carbonyl (C=O) groups excluding carboxylic acids is 1. The van der Waals surface area contributed by atoms with Gasteiger partial charge in [-0.3, -0.25) is 4.79 Å². The lowest BCUT2D eigenvalue weighted by Gasteiger charge is -2.16. The molecular formula is C11H18N2O4. The number of hydrogen-bond acceptors (Lipinski definition) is 5. The molecule has 6 heteroatoms. The molecule has 1 rings (SSSR count). The second-order valence-electron chi connectivity index (χ2n) is 4.26. The Morgan fingerprint density at radius 2 is 2.00 bits per heavy atom. The van der Waals surface area contributed by atoms with Crippen molar-refractivity contribution in [2.45, 2.75) is 40.0 Å². The predicted molar refractivity (Wildman–Crippen MR) is 60.1 cm³/mol. The lowest BCUT2D eigenvalue weighted by Crippen LogP contribution is -2.36. The Bertz CT molecular complexity index is 387. The summed E-state index contributed by atoms with van der Waals surface area (Å²) in [7, 11) is 0. The number of carbonyl (C=O) groups is 1. The van der Waals surface area contributed by atoms with Crippen molar-refractivity contribution in [3.8, 4) is 0 Å². The van der Waals surface area contributed by atoms with Gasteiger partial charge in [-0.25, -0.2) is 0 Å².